The topological polar surface area (TPSA) is 35.5 Å². The van der Waals surface area contributed by atoms with Crippen molar-refractivity contribution in [2.75, 3.05) is 13.2 Å². The summed E-state index contributed by atoms with van der Waals surface area (Å²) in [5.41, 5.74) is 0.629. The molecule has 3 heteroatoms. The van der Waals surface area contributed by atoms with Crippen LogP contribution in [0.4, 0.5) is 0 Å². The normalized spacial score (nSPS) is 10.6. The van der Waals surface area contributed by atoms with Gasteiger partial charge >= 0.3 is 0 Å². The maximum absolute atomic E-state index is 11.1. The summed E-state index contributed by atoms with van der Waals surface area (Å²) in [4.78, 5) is 11.1. The van der Waals surface area contributed by atoms with Gasteiger partial charge in [0.1, 0.15) is 17.8 Å². The van der Waals surface area contributed by atoms with Crippen molar-refractivity contribution < 1.29 is 14.3 Å². The lowest BCUT2D eigenvalue weighted by Gasteiger charge is -2.14. The van der Waals surface area contributed by atoms with E-state index >= 15 is 0 Å². The highest BCUT2D eigenvalue weighted by atomic mass is 16.5. The number of carbonyl (C=O) groups is 1. The number of aldehydes is 1. The Morgan fingerprint density at radius 1 is 0.955 bits per heavy atom. The lowest BCUT2D eigenvalue weighted by molar-refractivity contribution is 0.112. The molecule has 0 heterocycles. The Hall–Kier alpha value is -2.03. The molecule has 3 nitrogen and oxygen atoms in total. The van der Waals surface area contributed by atoms with Gasteiger partial charge in [0.15, 0.2) is 0 Å². The van der Waals surface area contributed by atoms with Gasteiger partial charge in [-0.3, -0.25) is 4.79 Å². The van der Waals surface area contributed by atoms with Crippen LogP contribution in [0, 0.1) is 0 Å². The molecule has 0 aliphatic carbocycles. The fraction of sp³-hybridized carbons (Fsp3) is 0.421. The van der Waals surface area contributed by atoms with Crippen LogP contribution in [0.5, 0.6) is 11.5 Å². The third-order valence-electron chi connectivity index (χ3n) is 3.57. The Balaban J connectivity index is 2.40. The van der Waals surface area contributed by atoms with Crippen LogP contribution >= 0.6 is 0 Å². The summed E-state index contributed by atoms with van der Waals surface area (Å²) in [5.74, 6) is 1.56. The number of rotatable bonds is 9. The molecule has 2 rings (SSSR count). The Kier molecular flexibility index (Phi) is 6.26. The molecule has 0 aliphatic heterocycles. The second kappa shape index (κ2) is 8.42. The van der Waals surface area contributed by atoms with Crippen LogP contribution in [0.3, 0.4) is 0 Å². The van der Waals surface area contributed by atoms with Crippen LogP contribution in [0.25, 0.3) is 10.8 Å². The van der Waals surface area contributed by atoms with Crippen molar-refractivity contribution in [3.8, 4) is 11.5 Å². The highest BCUT2D eigenvalue weighted by molar-refractivity contribution is 5.97. The van der Waals surface area contributed by atoms with E-state index in [1.54, 1.807) is 6.07 Å². The van der Waals surface area contributed by atoms with Gasteiger partial charge < -0.3 is 9.47 Å². The van der Waals surface area contributed by atoms with Crippen LogP contribution in [-0.2, 0) is 0 Å². The monoisotopic (exact) mass is 300 g/mol. The number of hydrogen-bond acceptors (Lipinski definition) is 3. The Morgan fingerprint density at radius 3 is 2.27 bits per heavy atom. The molecule has 0 bridgehead atoms. The average molecular weight is 300 g/mol. The van der Waals surface area contributed by atoms with Crippen molar-refractivity contribution in [2.45, 2.75) is 39.5 Å². The summed E-state index contributed by atoms with van der Waals surface area (Å²) in [7, 11) is 0. The van der Waals surface area contributed by atoms with E-state index in [9.17, 15) is 4.79 Å². The minimum absolute atomic E-state index is 0.629. The molecule has 0 fully saturated rings. The second-order valence-electron chi connectivity index (χ2n) is 5.40. The number of benzene rings is 2. The minimum atomic E-state index is 0.629. The molecule has 0 aliphatic rings. The molecule has 0 spiro atoms. The quantitative estimate of drug-likeness (QED) is 0.482. The molecule has 0 unspecified atom stereocenters. The standard InChI is InChI=1S/C19H24O3/c1-3-5-10-21-17-9-7-8-16-12-15(14-20)13-18(19(16)17)22-11-6-4-2/h7-9,12-14H,3-6,10-11H2,1-2H3. The van der Waals surface area contributed by atoms with Gasteiger partial charge in [0, 0.05) is 5.56 Å². The number of carbonyl (C=O) groups excluding carboxylic acids is 1. The molecule has 0 saturated carbocycles. The fourth-order valence-corrected chi connectivity index (χ4v) is 2.33. The SMILES string of the molecule is CCCCOc1cccc2cc(C=O)cc(OCCCC)c12. The zero-order valence-corrected chi connectivity index (χ0v) is 13.4. The highest BCUT2D eigenvalue weighted by Gasteiger charge is 2.11. The second-order valence-corrected chi connectivity index (χ2v) is 5.40. The van der Waals surface area contributed by atoms with Crippen LogP contribution in [0.15, 0.2) is 30.3 Å². The molecule has 0 atom stereocenters. The molecule has 0 amide bonds. The van der Waals surface area contributed by atoms with Gasteiger partial charge in [-0.15, -0.1) is 0 Å². The van der Waals surface area contributed by atoms with Gasteiger partial charge in [0.25, 0.3) is 0 Å². The summed E-state index contributed by atoms with van der Waals surface area (Å²) < 4.78 is 11.8. The van der Waals surface area contributed by atoms with E-state index in [4.69, 9.17) is 9.47 Å². The largest absolute Gasteiger partial charge is 0.493 e. The molecule has 0 saturated heterocycles. The van der Waals surface area contributed by atoms with Gasteiger partial charge in [-0.2, -0.15) is 0 Å². The minimum Gasteiger partial charge on any atom is -0.493 e. The van der Waals surface area contributed by atoms with Gasteiger partial charge in [0.05, 0.1) is 18.6 Å². The maximum Gasteiger partial charge on any atom is 0.150 e. The molecule has 22 heavy (non-hydrogen) atoms. The van der Waals surface area contributed by atoms with Gasteiger partial charge in [0.2, 0.25) is 0 Å². The lowest BCUT2D eigenvalue weighted by atomic mass is 10.1. The van der Waals surface area contributed by atoms with Crippen molar-refractivity contribution in [3.05, 3.63) is 35.9 Å². The molecule has 2 aromatic rings. The Labute approximate surface area is 132 Å². The third-order valence-corrected chi connectivity index (χ3v) is 3.57. The molecule has 2 aromatic carbocycles. The predicted octanol–water partition coefficient (Wildman–Crippen LogP) is 5.01. The van der Waals surface area contributed by atoms with Crippen LogP contribution in [0.1, 0.15) is 49.9 Å². The van der Waals surface area contributed by atoms with Crippen molar-refractivity contribution in [3.63, 3.8) is 0 Å². The Bertz CT molecular complexity index is 619. The summed E-state index contributed by atoms with van der Waals surface area (Å²) in [5, 5.41) is 1.94. The average Bonchev–Trinajstić information content (AvgIpc) is 2.55. The zero-order valence-electron chi connectivity index (χ0n) is 13.4. The van der Waals surface area contributed by atoms with Gasteiger partial charge in [-0.05, 0) is 36.4 Å². The molecule has 0 radical (unpaired) electrons. The van der Waals surface area contributed by atoms with Gasteiger partial charge in [-0.1, -0.05) is 38.8 Å². The summed E-state index contributed by atoms with van der Waals surface area (Å²) >= 11 is 0. The van der Waals surface area contributed by atoms with Crippen LogP contribution in [-0.4, -0.2) is 19.5 Å². The first-order chi connectivity index (χ1) is 10.8. The summed E-state index contributed by atoms with van der Waals surface area (Å²) in [6.45, 7) is 5.61. The number of unbranched alkanes of at least 4 members (excludes halogenated alkanes) is 2. The highest BCUT2D eigenvalue weighted by Crippen LogP contribution is 2.35. The van der Waals surface area contributed by atoms with E-state index in [0.717, 1.165) is 54.2 Å². The molecular weight excluding hydrogens is 276 g/mol. The lowest BCUT2D eigenvalue weighted by Crippen LogP contribution is -2.01. The number of ether oxygens (including phenoxy) is 2. The van der Waals surface area contributed by atoms with Crippen molar-refractivity contribution in [2.24, 2.45) is 0 Å². The first-order valence-corrected chi connectivity index (χ1v) is 8.07. The first-order valence-electron chi connectivity index (χ1n) is 8.07. The maximum atomic E-state index is 11.1. The third kappa shape index (κ3) is 4.00. The van der Waals surface area contributed by atoms with Crippen molar-refractivity contribution in [1.82, 2.24) is 0 Å². The summed E-state index contributed by atoms with van der Waals surface area (Å²) in [6.07, 6.45) is 5.04. The van der Waals surface area contributed by atoms with E-state index in [2.05, 4.69) is 13.8 Å². The Morgan fingerprint density at radius 2 is 1.64 bits per heavy atom. The summed E-state index contributed by atoms with van der Waals surface area (Å²) in [6, 6.07) is 9.58. The molecular formula is C19H24O3. The zero-order chi connectivity index (χ0) is 15.8. The van der Waals surface area contributed by atoms with Crippen LogP contribution in [0.2, 0.25) is 0 Å². The van der Waals surface area contributed by atoms with Crippen LogP contribution < -0.4 is 9.47 Å². The van der Waals surface area contributed by atoms with Crippen molar-refractivity contribution in [1.29, 1.82) is 0 Å². The van der Waals surface area contributed by atoms with E-state index in [0.29, 0.717) is 18.8 Å². The van der Waals surface area contributed by atoms with E-state index in [1.807, 2.05) is 24.3 Å². The van der Waals surface area contributed by atoms with E-state index in [1.165, 1.54) is 0 Å². The number of hydrogen-bond donors (Lipinski definition) is 0. The number of fused-ring (bicyclic) bond motifs is 1. The smallest absolute Gasteiger partial charge is 0.150 e. The van der Waals surface area contributed by atoms with E-state index < -0.39 is 0 Å². The molecule has 118 valence electrons. The first kappa shape index (κ1) is 16.3. The van der Waals surface area contributed by atoms with E-state index in [-0.39, 0.29) is 0 Å². The molecule has 0 aromatic heterocycles. The van der Waals surface area contributed by atoms with Crippen molar-refractivity contribution >= 4 is 17.1 Å². The fourth-order valence-electron chi connectivity index (χ4n) is 2.33. The molecule has 0 N–H and O–H groups in total. The predicted molar refractivity (Wildman–Crippen MR) is 90.1 cm³/mol. The van der Waals surface area contributed by atoms with Gasteiger partial charge in [-0.25, -0.2) is 0 Å².